The summed E-state index contributed by atoms with van der Waals surface area (Å²) in [6, 6.07) is 23.3. The first-order valence-corrected chi connectivity index (χ1v) is 13.9. The second kappa shape index (κ2) is 13.4. The number of hydrogen-bond acceptors (Lipinski definition) is 5. The molecule has 0 bridgehead atoms. The Morgan fingerprint density at radius 3 is 1.78 bits per heavy atom. The minimum atomic E-state index is 0.101. The molecule has 1 heterocycles. The highest BCUT2D eigenvalue weighted by Crippen LogP contribution is 2.38. The summed E-state index contributed by atoms with van der Waals surface area (Å²) in [4.78, 5) is 7.37. The van der Waals surface area contributed by atoms with Gasteiger partial charge in [-0.1, -0.05) is 42.5 Å². The lowest BCUT2D eigenvalue weighted by atomic mass is 10.0. The Kier molecular flexibility index (Phi) is 9.98. The number of aryl methyl sites for hydroxylation is 1. The van der Waals surface area contributed by atoms with E-state index in [4.69, 9.17) is 32.7 Å². The molecule has 3 aromatic carbocycles. The van der Waals surface area contributed by atoms with Gasteiger partial charge in [0.15, 0.2) is 0 Å². The van der Waals surface area contributed by atoms with Crippen LogP contribution < -0.4 is 14.4 Å². The van der Waals surface area contributed by atoms with Crippen LogP contribution in [0.3, 0.4) is 0 Å². The van der Waals surface area contributed by atoms with Crippen LogP contribution in [0, 0.1) is 6.92 Å². The summed E-state index contributed by atoms with van der Waals surface area (Å²) >= 11 is 12.3. The number of hydrogen-bond donors (Lipinski definition) is 0. The molecule has 0 amide bonds. The number of alkyl halides is 2. The van der Waals surface area contributed by atoms with Gasteiger partial charge in [0, 0.05) is 67.8 Å². The van der Waals surface area contributed by atoms with E-state index in [0.717, 1.165) is 56.5 Å². The molecular weight excluding hydrogens is 505 g/mol. The van der Waals surface area contributed by atoms with E-state index in [-0.39, 0.29) is 6.17 Å². The monoisotopic (exact) mass is 541 g/mol. The lowest BCUT2D eigenvalue weighted by Gasteiger charge is -2.33. The highest BCUT2D eigenvalue weighted by molar-refractivity contribution is 6.18. The van der Waals surface area contributed by atoms with Crippen LogP contribution in [-0.4, -0.2) is 62.0 Å². The second-order valence-corrected chi connectivity index (χ2v) is 10.1. The lowest BCUT2D eigenvalue weighted by molar-refractivity contribution is 0.123. The minimum Gasteiger partial charge on any atom is -0.496 e. The zero-order valence-electron chi connectivity index (χ0n) is 22.0. The molecule has 37 heavy (non-hydrogen) atoms. The van der Waals surface area contributed by atoms with Crippen molar-refractivity contribution in [1.82, 2.24) is 9.80 Å². The Morgan fingerprint density at radius 1 is 0.784 bits per heavy atom. The predicted molar refractivity (Wildman–Crippen MR) is 154 cm³/mol. The van der Waals surface area contributed by atoms with Crippen molar-refractivity contribution in [3.05, 3.63) is 89.0 Å². The van der Waals surface area contributed by atoms with Gasteiger partial charge in [-0.15, -0.1) is 23.2 Å². The summed E-state index contributed by atoms with van der Waals surface area (Å²) in [5, 5.41) is 0. The number of benzene rings is 3. The zero-order chi connectivity index (χ0) is 26.2. The predicted octanol–water partition coefficient (Wildman–Crippen LogP) is 6.31. The van der Waals surface area contributed by atoms with Gasteiger partial charge in [-0.05, 0) is 42.3 Å². The smallest absolute Gasteiger partial charge is 0.123 e. The van der Waals surface area contributed by atoms with E-state index in [0.29, 0.717) is 11.8 Å². The van der Waals surface area contributed by atoms with Gasteiger partial charge >= 0.3 is 0 Å². The maximum atomic E-state index is 6.14. The van der Waals surface area contributed by atoms with Gasteiger partial charge < -0.3 is 14.4 Å². The Bertz CT molecular complexity index is 1100. The largest absolute Gasteiger partial charge is 0.496 e. The fourth-order valence-electron chi connectivity index (χ4n) is 5.24. The standard InChI is InChI=1S/C30H37Cl2N3O2/c1-23-12-13-26(33(16-14-31)17-15-32)20-27(23)30-34(21-24-8-4-6-10-28(24)36-2)18-19-35(30)22-25-9-5-7-11-29(25)37-3/h4-13,20,30H,14-19,21-22H2,1-3H3. The summed E-state index contributed by atoms with van der Waals surface area (Å²) in [5.41, 5.74) is 6.10. The van der Waals surface area contributed by atoms with Crippen LogP contribution in [-0.2, 0) is 13.1 Å². The number of methoxy groups -OCH3 is 2. The molecule has 1 saturated heterocycles. The molecule has 1 fully saturated rings. The Labute approximate surface area is 231 Å². The molecule has 1 aliphatic rings. The normalized spacial score (nSPS) is 14.7. The first-order valence-electron chi connectivity index (χ1n) is 12.8. The van der Waals surface area contributed by atoms with Gasteiger partial charge in [0.2, 0.25) is 0 Å². The van der Waals surface area contributed by atoms with Gasteiger partial charge in [-0.2, -0.15) is 0 Å². The average Bonchev–Trinajstić information content (AvgIpc) is 3.31. The van der Waals surface area contributed by atoms with Crippen LogP contribution in [0.5, 0.6) is 11.5 Å². The van der Waals surface area contributed by atoms with Gasteiger partial charge in [0.25, 0.3) is 0 Å². The second-order valence-electron chi connectivity index (χ2n) is 9.34. The van der Waals surface area contributed by atoms with Crippen LogP contribution in [0.1, 0.15) is 28.4 Å². The highest BCUT2D eigenvalue weighted by Gasteiger charge is 2.35. The molecule has 3 aromatic rings. The molecule has 4 rings (SSSR count). The fraction of sp³-hybridized carbons (Fsp3) is 0.400. The SMILES string of the molecule is COc1ccccc1CN1CCN(Cc2ccccc2OC)C1c1cc(N(CCCl)CCCl)ccc1C. The molecule has 0 spiro atoms. The topological polar surface area (TPSA) is 28.2 Å². The number of ether oxygens (including phenoxy) is 2. The molecule has 0 aromatic heterocycles. The van der Waals surface area contributed by atoms with Crippen LogP contribution >= 0.6 is 23.2 Å². The van der Waals surface area contributed by atoms with Crippen LogP contribution in [0.25, 0.3) is 0 Å². The maximum absolute atomic E-state index is 6.14. The summed E-state index contributed by atoms with van der Waals surface area (Å²) in [5.74, 6) is 2.96. The average molecular weight is 543 g/mol. The van der Waals surface area contributed by atoms with Crippen molar-refractivity contribution in [1.29, 1.82) is 0 Å². The Hall–Kier alpha value is -2.44. The molecular formula is C30H37Cl2N3O2. The fourth-order valence-corrected chi connectivity index (χ4v) is 5.65. The van der Waals surface area contributed by atoms with Gasteiger partial charge in [-0.3, -0.25) is 9.80 Å². The summed E-state index contributed by atoms with van der Waals surface area (Å²) in [6.07, 6.45) is 0.101. The van der Waals surface area contributed by atoms with Gasteiger partial charge in [-0.25, -0.2) is 0 Å². The molecule has 198 valence electrons. The lowest BCUT2D eigenvalue weighted by Crippen LogP contribution is -2.32. The Morgan fingerprint density at radius 2 is 1.30 bits per heavy atom. The van der Waals surface area contributed by atoms with Crippen molar-refractivity contribution < 1.29 is 9.47 Å². The third-order valence-electron chi connectivity index (χ3n) is 7.11. The number of halogens is 2. The van der Waals surface area contributed by atoms with Crippen LogP contribution in [0.2, 0.25) is 0 Å². The summed E-state index contributed by atoms with van der Waals surface area (Å²) in [7, 11) is 3.48. The van der Waals surface area contributed by atoms with Crippen molar-refractivity contribution in [3.63, 3.8) is 0 Å². The number of nitrogens with zero attached hydrogens (tertiary/aromatic N) is 3. The van der Waals surface area contributed by atoms with E-state index in [1.807, 2.05) is 24.3 Å². The van der Waals surface area contributed by atoms with Crippen molar-refractivity contribution >= 4 is 28.9 Å². The summed E-state index contributed by atoms with van der Waals surface area (Å²) < 4.78 is 11.4. The van der Waals surface area contributed by atoms with Crippen molar-refractivity contribution in [2.75, 3.05) is 57.1 Å². The van der Waals surface area contributed by atoms with Crippen molar-refractivity contribution in [2.24, 2.45) is 0 Å². The number of para-hydroxylation sites is 2. The van der Waals surface area contributed by atoms with Crippen molar-refractivity contribution in [3.8, 4) is 11.5 Å². The minimum absolute atomic E-state index is 0.101. The molecule has 0 aliphatic carbocycles. The first kappa shape index (κ1) is 27.6. The van der Waals surface area contributed by atoms with E-state index in [1.54, 1.807) is 14.2 Å². The van der Waals surface area contributed by atoms with Crippen LogP contribution in [0.15, 0.2) is 66.7 Å². The quantitative estimate of drug-likeness (QED) is 0.250. The number of anilines is 1. The first-order chi connectivity index (χ1) is 18.1. The number of rotatable bonds is 12. The van der Waals surface area contributed by atoms with Gasteiger partial charge in [0.1, 0.15) is 11.5 Å². The molecule has 5 nitrogen and oxygen atoms in total. The molecule has 7 heteroatoms. The molecule has 0 saturated carbocycles. The zero-order valence-corrected chi connectivity index (χ0v) is 23.5. The third-order valence-corrected chi connectivity index (χ3v) is 7.45. The third kappa shape index (κ3) is 6.53. The molecule has 0 atom stereocenters. The van der Waals surface area contributed by atoms with E-state index in [1.165, 1.54) is 22.3 Å². The summed E-state index contributed by atoms with van der Waals surface area (Å²) in [6.45, 7) is 7.23. The van der Waals surface area contributed by atoms with E-state index >= 15 is 0 Å². The van der Waals surface area contributed by atoms with Gasteiger partial charge in [0.05, 0.1) is 20.4 Å². The molecule has 0 unspecified atom stereocenters. The van der Waals surface area contributed by atoms with E-state index in [2.05, 4.69) is 64.1 Å². The Balaban J connectivity index is 1.73. The highest BCUT2D eigenvalue weighted by atomic mass is 35.5. The molecule has 0 N–H and O–H groups in total. The maximum Gasteiger partial charge on any atom is 0.123 e. The van der Waals surface area contributed by atoms with Crippen LogP contribution in [0.4, 0.5) is 5.69 Å². The van der Waals surface area contributed by atoms with E-state index < -0.39 is 0 Å². The van der Waals surface area contributed by atoms with Crippen molar-refractivity contribution in [2.45, 2.75) is 26.2 Å². The molecule has 1 aliphatic heterocycles. The van der Waals surface area contributed by atoms with E-state index in [9.17, 15) is 0 Å². The molecule has 0 radical (unpaired) electrons.